The number of esters is 2. The fourth-order valence-electron chi connectivity index (χ4n) is 3.59. The van der Waals surface area contributed by atoms with Crippen LogP contribution in [0.2, 0.25) is 0 Å². The lowest BCUT2D eigenvalue weighted by molar-refractivity contribution is -0.384. The van der Waals surface area contributed by atoms with Crippen molar-refractivity contribution in [1.29, 1.82) is 0 Å². The Morgan fingerprint density at radius 2 is 1.72 bits per heavy atom. The lowest BCUT2D eigenvalue weighted by Gasteiger charge is -2.11. The maximum atomic E-state index is 13.9. The van der Waals surface area contributed by atoms with E-state index in [2.05, 4.69) is 20.1 Å². The summed E-state index contributed by atoms with van der Waals surface area (Å²) in [6, 6.07) is 6.42. The first-order valence-corrected chi connectivity index (χ1v) is 11.5. The number of aromatic nitrogens is 3. The summed E-state index contributed by atoms with van der Waals surface area (Å²) < 4.78 is 51.6. The number of nitrogens with one attached hydrogen (secondary N) is 1. The number of carbonyl (C=O) groups is 3. The number of hydrogen-bond donors (Lipinski definition) is 1. The van der Waals surface area contributed by atoms with Crippen LogP contribution in [0.5, 0.6) is 0 Å². The minimum absolute atomic E-state index is 0.0111. The van der Waals surface area contributed by atoms with Crippen molar-refractivity contribution in [1.82, 2.24) is 14.6 Å². The largest absolute Gasteiger partial charge is 0.465 e. The molecule has 0 bridgehead atoms. The summed E-state index contributed by atoms with van der Waals surface area (Å²) in [6.07, 6.45) is -4.91. The van der Waals surface area contributed by atoms with Crippen LogP contribution < -0.4 is 5.32 Å². The maximum absolute atomic E-state index is 13.9. The van der Waals surface area contributed by atoms with Gasteiger partial charge in [-0.15, -0.1) is 11.3 Å². The molecule has 0 radical (unpaired) electrons. The fourth-order valence-corrected chi connectivity index (χ4v) is 4.70. The molecule has 12 nitrogen and oxygen atoms in total. The number of alkyl halides is 3. The van der Waals surface area contributed by atoms with Crippen LogP contribution >= 0.6 is 11.3 Å². The van der Waals surface area contributed by atoms with Gasteiger partial charge in [-0.05, 0) is 30.7 Å². The Labute approximate surface area is 220 Å². The zero-order chi connectivity index (χ0) is 28.6. The average molecular weight is 563 g/mol. The van der Waals surface area contributed by atoms with Gasteiger partial charge in [0.15, 0.2) is 17.0 Å². The molecule has 0 fully saturated rings. The molecule has 0 atom stereocenters. The van der Waals surface area contributed by atoms with Crippen LogP contribution in [-0.2, 0) is 15.7 Å². The summed E-state index contributed by atoms with van der Waals surface area (Å²) in [6.45, 7) is 1.44. The van der Waals surface area contributed by atoms with Gasteiger partial charge in [-0.1, -0.05) is 0 Å². The number of nitrogens with zero attached hydrogens (tertiary/aromatic N) is 4. The lowest BCUT2D eigenvalue weighted by Crippen LogP contribution is -2.16. The van der Waals surface area contributed by atoms with E-state index in [1.807, 2.05) is 0 Å². The molecule has 0 aliphatic rings. The zero-order valence-electron chi connectivity index (χ0n) is 20.2. The molecular weight excluding hydrogens is 547 g/mol. The van der Waals surface area contributed by atoms with Gasteiger partial charge < -0.3 is 14.8 Å². The number of amides is 1. The third kappa shape index (κ3) is 5.13. The average Bonchev–Trinajstić information content (AvgIpc) is 3.47. The van der Waals surface area contributed by atoms with Gasteiger partial charge in [-0.3, -0.25) is 14.9 Å². The van der Waals surface area contributed by atoms with Crippen LogP contribution in [0.15, 0.2) is 36.4 Å². The number of methoxy groups -OCH3 is 2. The Balaban J connectivity index is 1.78. The van der Waals surface area contributed by atoms with Gasteiger partial charge in [0.25, 0.3) is 11.6 Å². The zero-order valence-corrected chi connectivity index (χ0v) is 21.0. The van der Waals surface area contributed by atoms with Crippen LogP contribution in [0.25, 0.3) is 16.9 Å². The Morgan fingerprint density at radius 3 is 2.28 bits per heavy atom. The molecule has 16 heteroatoms. The molecule has 0 aliphatic carbocycles. The van der Waals surface area contributed by atoms with Crippen LogP contribution in [0.3, 0.4) is 0 Å². The molecule has 4 aromatic rings. The number of carbonyl (C=O) groups excluding carboxylic acids is 3. The molecule has 0 unspecified atom stereocenters. The predicted octanol–water partition coefficient (Wildman–Crippen LogP) is 4.52. The van der Waals surface area contributed by atoms with Crippen LogP contribution in [0.1, 0.15) is 41.8 Å². The number of non-ortho nitro benzene ring substituents is 1. The molecule has 4 rings (SSSR count). The van der Waals surface area contributed by atoms with Crippen molar-refractivity contribution in [3.63, 3.8) is 0 Å². The molecule has 1 aromatic carbocycles. The van der Waals surface area contributed by atoms with Gasteiger partial charge in [-0.2, -0.15) is 18.3 Å². The highest BCUT2D eigenvalue weighted by Crippen LogP contribution is 2.35. The van der Waals surface area contributed by atoms with Gasteiger partial charge in [-0.25, -0.2) is 19.1 Å². The molecular formula is C23H16F3N5O7S. The monoisotopic (exact) mass is 563 g/mol. The molecule has 0 saturated heterocycles. The van der Waals surface area contributed by atoms with E-state index in [4.69, 9.17) is 4.74 Å². The highest BCUT2D eigenvalue weighted by Gasteiger charge is 2.36. The number of benzene rings is 1. The second kappa shape index (κ2) is 10.1. The number of thiophene rings is 1. The SMILES string of the molecule is COC(=O)c1sc(NC(=O)c2cc3nc(-c4ccc([N+](=O)[O-])cc4)cc(C(F)(F)F)n3n2)c(C(=O)OC)c1C. The quantitative estimate of drug-likeness (QED) is 0.202. The van der Waals surface area contributed by atoms with E-state index in [0.29, 0.717) is 10.6 Å². The minimum atomic E-state index is -4.91. The first-order chi connectivity index (χ1) is 18.3. The summed E-state index contributed by atoms with van der Waals surface area (Å²) in [4.78, 5) is 51.8. The number of rotatable bonds is 6. The minimum Gasteiger partial charge on any atom is -0.465 e. The van der Waals surface area contributed by atoms with Crippen LogP contribution in [0.4, 0.5) is 23.9 Å². The van der Waals surface area contributed by atoms with E-state index in [9.17, 15) is 37.7 Å². The van der Waals surface area contributed by atoms with E-state index in [1.165, 1.54) is 19.1 Å². The summed E-state index contributed by atoms with van der Waals surface area (Å²) in [7, 11) is 2.22. The molecule has 1 N–H and O–H groups in total. The molecule has 0 saturated carbocycles. The highest BCUT2D eigenvalue weighted by molar-refractivity contribution is 7.18. The molecule has 202 valence electrons. The number of nitro groups is 1. The molecule has 39 heavy (non-hydrogen) atoms. The van der Waals surface area contributed by atoms with Gasteiger partial charge >= 0.3 is 18.1 Å². The van der Waals surface area contributed by atoms with Crippen molar-refractivity contribution in [2.75, 3.05) is 19.5 Å². The molecule has 3 heterocycles. The van der Waals surface area contributed by atoms with E-state index < -0.39 is 40.3 Å². The third-order valence-electron chi connectivity index (χ3n) is 5.46. The maximum Gasteiger partial charge on any atom is 0.433 e. The summed E-state index contributed by atoms with van der Waals surface area (Å²) in [5, 5.41) is 16.9. The van der Waals surface area contributed by atoms with Crippen molar-refractivity contribution < 1.29 is 42.0 Å². The van der Waals surface area contributed by atoms with E-state index >= 15 is 0 Å². The Kier molecular flexibility index (Phi) is 7.06. The number of ether oxygens (including phenoxy) is 2. The lowest BCUT2D eigenvalue weighted by atomic mass is 10.1. The highest BCUT2D eigenvalue weighted by atomic mass is 32.1. The van der Waals surface area contributed by atoms with Crippen molar-refractivity contribution in [2.24, 2.45) is 0 Å². The summed E-state index contributed by atoms with van der Waals surface area (Å²) in [5.74, 6) is -2.63. The smallest absolute Gasteiger partial charge is 0.433 e. The Morgan fingerprint density at radius 1 is 1.08 bits per heavy atom. The first-order valence-electron chi connectivity index (χ1n) is 10.7. The van der Waals surface area contributed by atoms with Gasteiger partial charge in [0.05, 0.1) is 30.4 Å². The van der Waals surface area contributed by atoms with Gasteiger partial charge in [0, 0.05) is 23.8 Å². The number of anilines is 1. The van der Waals surface area contributed by atoms with Crippen molar-refractivity contribution in [2.45, 2.75) is 13.1 Å². The van der Waals surface area contributed by atoms with E-state index in [0.717, 1.165) is 43.8 Å². The first kappa shape index (κ1) is 27.2. The fraction of sp³-hybridized carbons (Fsp3) is 0.174. The molecule has 3 aromatic heterocycles. The number of hydrogen-bond acceptors (Lipinski definition) is 10. The number of fused-ring (bicyclic) bond motifs is 1. The summed E-state index contributed by atoms with van der Waals surface area (Å²) >= 11 is 0.717. The van der Waals surface area contributed by atoms with Crippen molar-refractivity contribution in [3.8, 4) is 11.3 Å². The van der Waals surface area contributed by atoms with Gasteiger partial charge in [0.1, 0.15) is 9.88 Å². The Bertz CT molecular complexity index is 1640. The normalized spacial score (nSPS) is 11.3. The second-order valence-corrected chi connectivity index (χ2v) is 8.85. The number of nitro benzene ring substituents is 1. The topological polar surface area (TPSA) is 155 Å². The molecule has 1 amide bonds. The molecule has 0 spiro atoms. The second-order valence-electron chi connectivity index (χ2n) is 7.83. The van der Waals surface area contributed by atoms with Crippen LogP contribution in [0, 0.1) is 17.0 Å². The molecule has 0 aliphatic heterocycles. The third-order valence-corrected chi connectivity index (χ3v) is 6.65. The van der Waals surface area contributed by atoms with E-state index in [-0.39, 0.29) is 43.6 Å². The standard InChI is InChI=1S/C23H16F3N5O7S/c1-10-17(21(33)37-2)20(39-18(10)22(34)38-3)28-19(32)14-9-16-27-13(8-15(23(24,25)26)30(16)29-14)11-4-6-12(7-5-11)31(35)36/h4-9H,1-3H3,(H,28,32). The Hall–Kier alpha value is -4.86. The van der Waals surface area contributed by atoms with Crippen LogP contribution in [-0.4, -0.2) is 51.6 Å². The summed E-state index contributed by atoms with van der Waals surface area (Å²) in [5.41, 5.74) is -2.29. The van der Waals surface area contributed by atoms with Crippen molar-refractivity contribution in [3.05, 3.63) is 73.9 Å². The number of halogens is 3. The van der Waals surface area contributed by atoms with Crippen molar-refractivity contribution >= 4 is 45.5 Å². The predicted molar refractivity (Wildman–Crippen MR) is 130 cm³/mol. The van der Waals surface area contributed by atoms with Gasteiger partial charge in [0.2, 0.25) is 0 Å². The van der Waals surface area contributed by atoms with E-state index in [1.54, 1.807) is 0 Å².